The van der Waals surface area contributed by atoms with Crippen LogP contribution in [-0.2, 0) is 9.47 Å². The van der Waals surface area contributed by atoms with E-state index in [4.69, 9.17) is 9.47 Å². The fraction of sp³-hybridized carbons (Fsp3) is 1.00. The molecular weight excluding hydrogens is 154 g/mol. The lowest BCUT2D eigenvalue weighted by Crippen LogP contribution is -2.30. The second kappa shape index (κ2) is 6.40. The van der Waals surface area contributed by atoms with Crippen LogP contribution < -0.4 is 0 Å². The van der Waals surface area contributed by atoms with Crippen molar-refractivity contribution in [2.45, 2.75) is 32.6 Å². The molecule has 0 N–H and O–H groups in total. The summed E-state index contributed by atoms with van der Waals surface area (Å²) in [6.07, 6.45) is 0.855. The van der Waals surface area contributed by atoms with Crippen molar-refractivity contribution < 1.29 is 9.47 Å². The number of hydrogen-bond donors (Lipinski definition) is 0. The van der Waals surface area contributed by atoms with Crippen LogP contribution in [0.3, 0.4) is 0 Å². The summed E-state index contributed by atoms with van der Waals surface area (Å²) in [5.74, 6) is 0. The zero-order valence-electron chi connectivity index (χ0n) is 8.83. The molecule has 0 aromatic heterocycles. The summed E-state index contributed by atoms with van der Waals surface area (Å²) in [4.78, 5) is 2.27. The molecule has 0 aliphatic rings. The lowest BCUT2D eigenvalue weighted by molar-refractivity contribution is -0.109. The highest BCUT2D eigenvalue weighted by Gasteiger charge is 2.08. The predicted octanol–water partition coefficient (Wildman–Crippen LogP) is 1.34. The SMILES string of the molecule is COC(CCN(C)C(C)C)OC. The average molecular weight is 175 g/mol. The monoisotopic (exact) mass is 175 g/mol. The fourth-order valence-corrected chi connectivity index (χ4v) is 0.899. The molecule has 0 radical (unpaired) electrons. The van der Waals surface area contributed by atoms with Gasteiger partial charge in [-0.25, -0.2) is 0 Å². The summed E-state index contributed by atoms with van der Waals surface area (Å²) in [5.41, 5.74) is 0. The van der Waals surface area contributed by atoms with E-state index in [1.807, 2.05) is 0 Å². The van der Waals surface area contributed by atoms with Crippen LogP contribution in [0.4, 0.5) is 0 Å². The van der Waals surface area contributed by atoms with Gasteiger partial charge in [0.25, 0.3) is 0 Å². The van der Waals surface area contributed by atoms with Crippen molar-refractivity contribution in [1.82, 2.24) is 4.90 Å². The highest BCUT2D eigenvalue weighted by atomic mass is 16.7. The summed E-state index contributed by atoms with van der Waals surface area (Å²) < 4.78 is 10.2. The molecule has 0 saturated carbocycles. The molecule has 0 unspecified atom stereocenters. The predicted molar refractivity (Wildman–Crippen MR) is 50.2 cm³/mol. The van der Waals surface area contributed by atoms with Gasteiger partial charge < -0.3 is 14.4 Å². The molecule has 12 heavy (non-hydrogen) atoms. The van der Waals surface area contributed by atoms with Crippen molar-refractivity contribution in [2.24, 2.45) is 0 Å². The van der Waals surface area contributed by atoms with Crippen molar-refractivity contribution in [3.63, 3.8) is 0 Å². The molecule has 0 heterocycles. The number of hydrogen-bond acceptors (Lipinski definition) is 3. The third-order valence-electron chi connectivity index (χ3n) is 2.12. The first kappa shape index (κ1) is 11.9. The maximum Gasteiger partial charge on any atom is 0.158 e. The van der Waals surface area contributed by atoms with Gasteiger partial charge in [-0.3, -0.25) is 0 Å². The molecular formula is C9H21NO2. The van der Waals surface area contributed by atoms with Crippen molar-refractivity contribution in [3.8, 4) is 0 Å². The van der Waals surface area contributed by atoms with Crippen molar-refractivity contribution in [3.05, 3.63) is 0 Å². The smallest absolute Gasteiger partial charge is 0.158 e. The van der Waals surface area contributed by atoms with Gasteiger partial charge in [0.2, 0.25) is 0 Å². The molecule has 0 aliphatic heterocycles. The number of nitrogens with zero attached hydrogens (tertiary/aromatic N) is 1. The van der Waals surface area contributed by atoms with Crippen LogP contribution in [0.5, 0.6) is 0 Å². The number of methoxy groups -OCH3 is 2. The third kappa shape index (κ3) is 4.70. The van der Waals surface area contributed by atoms with Gasteiger partial charge in [-0.1, -0.05) is 0 Å². The van der Waals surface area contributed by atoms with E-state index < -0.39 is 0 Å². The van der Waals surface area contributed by atoms with E-state index in [0.29, 0.717) is 6.04 Å². The standard InChI is InChI=1S/C9H21NO2/c1-8(2)10(3)7-6-9(11-4)12-5/h8-9H,6-7H2,1-5H3. The van der Waals surface area contributed by atoms with Gasteiger partial charge >= 0.3 is 0 Å². The molecule has 0 aromatic carbocycles. The second-order valence-electron chi connectivity index (χ2n) is 3.26. The van der Waals surface area contributed by atoms with Gasteiger partial charge in [-0.15, -0.1) is 0 Å². The Morgan fingerprint density at radius 2 is 1.67 bits per heavy atom. The Hall–Kier alpha value is -0.120. The Labute approximate surface area is 75.6 Å². The summed E-state index contributed by atoms with van der Waals surface area (Å²) >= 11 is 0. The van der Waals surface area contributed by atoms with Gasteiger partial charge in [-0.2, -0.15) is 0 Å². The highest BCUT2D eigenvalue weighted by Crippen LogP contribution is 2.01. The van der Waals surface area contributed by atoms with Crippen molar-refractivity contribution in [2.75, 3.05) is 27.8 Å². The first-order chi connectivity index (χ1) is 5.61. The third-order valence-corrected chi connectivity index (χ3v) is 2.12. The quantitative estimate of drug-likeness (QED) is 0.569. The molecule has 0 saturated heterocycles. The first-order valence-electron chi connectivity index (χ1n) is 4.37. The van der Waals surface area contributed by atoms with Crippen LogP contribution in [-0.4, -0.2) is 45.0 Å². The molecule has 3 nitrogen and oxygen atoms in total. The Kier molecular flexibility index (Phi) is 6.34. The van der Waals surface area contributed by atoms with E-state index in [0.717, 1.165) is 13.0 Å². The topological polar surface area (TPSA) is 21.7 Å². The second-order valence-corrected chi connectivity index (χ2v) is 3.26. The summed E-state index contributed by atoms with van der Waals surface area (Å²) in [6.45, 7) is 5.35. The van der Waals surface area contributed by atoms with Gasteiger partial charge in [0.1, 0.15) is 0 Å². The van der Waals surface area contributed by atoms with Crippen LogP contribution in [0, 0.1) is 0 Å². The minimum atomic E-state index is -0.0637. The van der Waals surface area contributed by atoms with Gasteiger partial charge in [0.05, 0.1) is 0 Å². The summed E-state index contributed by atoms with van der Waals surface area (Å²) in [6, 6.07) is 0.583. The van der Waals surface area contributed by atoms with Crippen LogP contribution >= 0.6 is 0 Å². The number of ether oxygens (including phenoxy) is 2. The maximum absolute atomic E-state index is 5.08. The van der Waals surface area contributed by atoms with Crippen LogP contribution in [0.1, 0.15) is 20.3 Å². The molecule has 74 valence electrons. The van der Waals surface area contributed by atoms with E-state index in [2.05, 4.69) is 25.8 Å². The fourth-order valence-electron chi connectivity index (χ4n) is 0.899. The molecule has 0 spiro atoms. The minimum absolute atomic E-state index is 0.0637. The molecule has 0 bridgehead atoms. The molecule has 0 rings (SSSR count). The molecule has 0 atom stereocenters. The zero-order chi connectivity index (χ0) is 9.56. The zero-order valence-corrected chi connectivity index (χ0v) is 8.83. The Balaban J connectivity index is 3.51. The Morgan fingerprint density at radius 3 is 2.00 bits per heavy atom. The van der Waals surface area contributed by atoms with E-state index in [9.17, 15) is 0 Å². The average Bonchev–Trinajstić information content (AvgIpc) is 2.05. The largest absolute Gasteiger partial charge is 0.356 e. The highest BCUT2D eigenvalue weighted by molar-refractivity contribution is 4.57. The molecule has 3 heteroatoms. The lowest BCUT2D eigenvalue weighted by atomic mass is 10.3. The van der Waals surface area contributed by atoms with Crippen LogP contribution in [0.15, 0.2) is 0 Å². The maximum atomic E-state index is 5.08. The van der Waals surface area contributed by atoms with Crippen LogP contribution in [0.2, 0.25) is 0 Å². The lowest BCUT2D eigenvalue weighted by Gasteiger charge is -2.23. The van der Waals surface area contributed by atoms with E-state index >= 15 is 0 Å². The molecule has 0 aliphatic carbocycles. The van der Waals surface area contributed by atoms with Crippen molar-refractivity contribution in [1.29, 1.82) is 0 Å². The first-order valence-corrected chi connectivity index (χ1v) is 4.37. The van der Waals surface area contributed by atoms with Gasteiger partial charge in [-0.05, 0) is 20.9 Å². The molecule has 0 aromatic rings. The Bertz CT molecular complexity index is 101. The van der Waals surface area contributed by atoms with E-state index in [1.165, 1.54) is 0 Å². The van der Waals surface area contributed by atoms with E-state index in [-0.39, 0.29) is 6.29 Å². The molecule has 0 amide bonds. The molecule has 0 fully saturated rings. The number of rotatable bonds is 6. The normalized spacial score (nSPS) is 12.0. The van der Waals surface area contributed by atoms with Gasteiger partial charge in [0.15, 0.2) is 6.29 Å². The van der Waals surface area contributed by atoms with Crippen molar-refractivity contribution >= 4 is 0 Å². The summed E-state index contributed by atoms with van der Waals surface area (Å²) in [7, 11) is 5.44. The van der Waals surface area contributed by atoms with E-state index in [1.54, 1.807) is 14.2 Å². The Morgan fingerprint density at radius 1 is 1.17 bits per heavy atom. The van der Waals surface area contributed by atoms with Gasteiger partial charge in [0, 0.05) is 33.2 Å². The summed E-state index contributed by atoms with van der Waals surface area (Å²) in [5, 5.41) is 0. The minimum Gasteiger partial charge on any atom is -0.356 e. The van der Waals surface area contributed by atoms with Crippen LogP contribution in [0.25, 0.3) is 0 Å².